The minimum Gasteiger partial charge on any atom is -0.370 e. The number of nitrogens with zero attached hydrogens (tertiary/aromatic N) is 2. The van der Waals surface area contributed by atoms with Crippen LogP contribution in [-0.4, -0.2) is 50.2 Å². The molecule has 3 nitrogen and oxygen atoms in total. The van der Waals surface area contributed by atoms with Crippen LogP contribution in [0.25, 0.3) is 0 Å². The van der Waals surface area contributed by atoms with Crippen LogP contribution in [0.1, 0.15) is 19.3 Å². The Morgan fingerprint density at radius 3 is 2.40 bits per heavy atom. The van der Waals surface area contributed by atoms with Crippen LogP contribution in [0.4, 0.5) is 5.69 Å². The van der Waals surface area contributed by atoms with Gasteiger partial charge in [0.15, 0.2) is 0 Å². The average Bonchev–Trinajstić information content (AvgIpc) is 2.86. The van der Waals surface area contributed by atoms with Crippen molar-refractivity contribution < 1.29 is 0 Å². The van der Waals surface area contributed by atoms with Gasteiger partial charge in [0.2, 0.25) is 0 Å². The van der Waals surface area contributed by atoms with Crippen molar-refractivity contribution in [2.75, 3.05) is 38.1 Å². The van der Waals surface area contributed by atoms with Crippen molar-refractivity contribution in [3.05, 3.63) is 29.3 Å². The summed E-state index contributed by atoms with van der Waals surface area (Å²) in [5.41, 5.74) is 1.19. The molecule has 110 valence electrons. The lowest BCUT2D eigenvalue weighted by Gasteiger charge is -2.35. The van der Waals surface area contributed by atoms with E-state index in [1.807, 2.05) is 12.1 Å². The van der Waals surface area contributed by atoms with Gasteiger partial charge in [0.05, 0.1) is 10.7 Å². The van der Waals surface area contributed by atoms with Crippen molar-refractivity contribution in [3.8, 4) is 0 Å². The predicted molar refractivity (Wildman–Crippen MR) is 85.7 cm³/mol. The number of benzene rings is 1. The van der Waals surface area contributed by atoms with Crippen molar-refractivity contribution in [3.63, 3.8) is 0 Å². The van der Waals surface area contributed by atoms with Crippen LogP contribution in [0.3, 0.4) is 0 Å². The van der Waals surface area contributed by atoms with Crippen molar-refractivity contribution >= 4 is 17.3 Å². The van der Waals surface area contributed by atoms with Crippen LogP contribution in [0.5, 0.6) is 0 Å². The molecular formula is C16H24ClN3. The number of rotatable bonds is 3. The summed E-state index contributed by atoms with van der Waals surface area (Å²) < 4.78 is 0. The average molecular weight is 294 g/mol. The molecule has 0 amide bonds. The Balaban J connectivity index is 1.51. The number of anilines is 1. The Labute approximate surface area is 126 Å². The molecule has 1 N–H and O–H groups in total. The second-order valence-electron chi connectivity index (χ2n) is 6.13. The standard InChI is InChI=1S/C16H24ClN3/c1-19-9-6-14(12-19)18-13-7-10-20(11-8-13)16-5-3-2-4-15(16)17/h2-5,13-14,18H,6-12H2,1H3. The molecule has 0 saturated carbocycles. The Hall–Kier alpha value is -0.770. The van der Waals surface area contributed by atoms with E-state index in [9.17, 15) is 0 Å². The minimum absolute atomic E-state index is 0.672. The summed E-state index contributed by atoms with van der Waals surface area (Å²) >= 11 is 6.28. The summed E-state index contributed by atoms with van der Waals surface area (Å²) in [4.78, 5) is 4.83. The van der Waals surface area contributed by atoms with Crippen LogP contribution >= 0.6 is 11.6 Å². The molecule has 2 saturated heterocycles. The van der Waals surface area contributed by atoms with Gasteiger partial charge in [0.1, 0.15) is 0 Å². The third-order valence-electron chi connectivity index (χ3n) is 4.55. The van der Waals surface area contributed by atoms with Crippen LogP contribution < -0.4 is 10.2 Å². The lowest BCUT2D eigenvalue weighted by Crippen LogP contribution is -2.47. The van der Waals surface area contributed by atoms with E-state index < -0.39 is 0 Å². The Morgan fingerprint density at radius 2 is 1.75 bits per heavy atom. The molecule has 0 bridgehead atoms. The molecule has 0 spiro atoms. The van der Waals surface area contributed by atoms with E-state index >= 15 is 0 Å². The van der Waals surface area contributed by atoms with E-state index in [0.717, 1.165) is 18.1 Å². The quantitative estimate of drug-likeness (QED) is 0.924. The van der Waals surface area contributed by atoms with Gasteiger partial charge in [-0.2, -0.15) is 0 Å². The highest BCUT2D eigenvalue weighted by Crippen LogP contribution is 2.28. The van der Waals surface area contributed by atoms with E-state index in [2.05, 4.69) is 34.3 Å². The Morgan fingerprint density at radius 1 is 1.05 bits per heavy atom. The molecule has 1 atom stereocenters. The first-order valence-electron chi connectivity index (χ1n) is 7.66. The summed E-state index contributed by atoms with van der Waals surface area (Å²) in [7, 11) is 2.21. The molecule has 1 aromatic carbocycles. The van der Waals surface area contributed by atoms with Crippen LogP contribution in [0, 0.1) is 0 Å². The second-order valence-corrected chi connectivity index (χ2v) is 6.53. The maximum atomic E-state index is 6.28. The highest BCUT2D eigenvalue weighted by Gasteiger charge is 2.25. The fraction of sp³-hybridized carbons (Fsp3) is 0.625. The molecular weight excluding hydrogens is 270 g/mol. The molecule has 2 heterocycles. The Bertz CT molecular complexity index is 443. The molecule has 0 aromatic heterocycles. The normalized spacial score (nSPS) is 25.3. The van der Waals surface area contributed by atoms with E-state index in [0.29, 0.717) is 12.1 Å². The van der Waals surface area contributed by atoms with E-state index in [1.54, 1.807) is 0 Å². The number of likely N-dealkylation sites (tertiary alicyclic amines) is 1. The number of nitrogens with one attached hydrogen (secondary N) is 1. The fourth-order valence-electron chi connectivity index (χ4n) is 3.40. The highest BCUT2D eigenvalue weighted by atomic mass is 35.5. The zero-order valence-corrected chi connectivity index (χ0v) is 12.9. The largest absolute Gasteiger partial charge is 0.370 e. The van der Waals surface area contributed by atoms with Crippen molar-refractivity contribution in [2.24, 2.45) is 0 Å². The van der Waals surface area contributed by atoms with Gasteiger partial charge in [-0.05, 0) is 45.0 Å². The molecule has 1 unspecified atom stereocenters. The van der Waals surface area contributed by atoms with Gasteiger partial charge in [-0.25, -0.2) is 0 Å². The smallest absolute Gasteiger partial charge is 0.0639 e. The van der Waals surface area contributed by atoms with Crippen molar-refractivity contribution in [2.45, 2.75) is 31.3 Å². The van der Waals surface area contributed by atoms with Gasteiger partial charge in [0.25, 0.3) is 0 Å². The van der Waals surface area contributed by atoms with E-state index in [-0.39, 0.29) is 0 Å². The van der Waals surface area contributed by atoms with Gasteiger partial charge >= 0.3 is 0 Å². The zero-order valence-electron chi connectivity index (χ0n) is 12.2. The molecule has 2 fully saturated rings. The van der Waals surface area contributed by atoms with Crippen molar-refractivity contribution in [1.82, 2.24) is 10.2 Å². The van der Waals surface area contributed by atoms with Gasteiger partial charge in [-0.15, -0.1) is 0 Å². The van der Waals surface area contributed by atoms with E-state index in [1.165, 1.54) is 38.0 Å². The predicted octanol–water partition coefficient (Wildman–Crippen LogP) is 2.60. The maximum absolute atomic E-state index is 6.28. The monoisotopic (exact) mass is 293 g/mol. The number of halogens is 1. The first kappa shape index (κ1) is 14.2. The summed E-state index contributed by atoms with van der Waals surface area (Å²) in [5.74, 6) is 0. The molecule has 2 aliphatic heterocycles. The number of hydrogen-bond acceptors (Lipinski definition) is 3. The van der Waals surface area contributed by atoms with E-state index in [4.69, 9.17) is 11.6 Å². The summed E-state index contributed by atoms with van der Waals surface area (Å²) in [6, 6.07) is 9.54. The minimum atomic E-state index is 0.672. The molecule has 1 aromatic rings. The first-order valence-corrected chi connectivity index (χ1v) is 8.04. The number of para-hydroxylation sites is 1. The second kappa shape index (κ2) is 6.33. The fourth-order valence-corrected chi connectivity index (χ4v) is 3.65. The maximum Gasteiger partial charge on any atom is 0.0639 e. The van der Waals surface area contributed by atoms with Gasteiger partial charge in [0, 0.05) is 31.7 Å². The SMILES string of the molecule is CN1CCC(NC2CCN(c3ccccc3Cl)CC2)C1. The first-order chi connectivity index (χ1) is 9.72. The highest BCUT2D eigenvalue weighted by molar-refractivity contribution is 6.33. The summed E-state index contributed by atoms with van der Waals surface area (Å²) in [6.07, 6.45) is 3.72. The molecule has 3 rings (SSSR count). The molecule has 0 radical (unpaired) electrons. The lowest BCUT2D eigenvalue weighted by molar-refractivity contribution is 0.350. The third kappa shape index (κ3) is 3.27. The van der Waals surface area contributed by atoms with Crippen LogP contribution in [-0.2, 0) is 0 Å². The topological polar surface area (TPSA) is 18.5 Å². The van der Waals surface area contributed by atoms with Crippen molar-refractivity contribution in [1.29, 1.82) is 0 Å². The molecule has 20 heavy (non-hydrogen) atoms. The van der Waals surface area contributed by atoms with Gasteiger partial charge < -0.3 is 15.1 Å². The lowest BCUT2D eigenvalue weighted by atomic mass is 10.0. The summed E-state index contributed by atoms with van der Waals surface area (Å²) in [6.45, 7) is 4.63. The molecule has 4 heteroatoms. The van der Waals surface area contributed by atoms with Gasteiger partial charge in [-0.3, -0.25) is 0 Å². The van der Waals surface area contributed by atoms with Crippen LogP contribution in [0.15, 0.2) is 24.3 Å². The third-order valence-corrected chi connectivity index (χ3v) is 4.87. The Kier molecular flexibility index (Phi) is 4.49. The number of hydrogen-bond donors (Lipinski definition) is 1. The summed E-state index contributed by atoms with van der Waals surface area (Å²) in [5, 5.41) is 4.71. The van der Waals surface area contributed by atoms with Gasteiger partial charge in [-0.1, -0.05) is 23.7 Å². The number of likely N-dealkylation sites (N-methyl/N-ethyl adjacent to an activating group) is 1. The number of piperidine rings is 1. The van der Waals surface area contributed by atoms with Crippen LogP contribution in [0.2, 0.25) is 5.02 Å². The zero-order chi connectivity index (χ0) is 13.9. The molecule has 0 aliphatic carbocycles. The molecule has 2 aliphatic rings.